The van der Waals surface area contributed by atoms with Crippen LogP contribution in [0.25, 0.3) is 0 Å². The average Bonchev–Trinajstić information content (AvgIpc) is 2.50. The number of hydrogen-bond donors (Lipinski definition) is 2. The van der Waals surface area contributed by atoms with Crippen LogP contribution in [0.5, 0.6) is 0 Å². The van der Waals surface area contributed by atoms with E-state index in [0.717, 1.165) is 13.0 Å². The molecule has 76 valence electrons. The number of ether oxygens (including phenoxy) is 1. The molecule has 0 spiro atoms. The van der Waals surface area contributed by atoms with E-state index in [1.54, 1.807) is 7.05 Å². The summed E-state index contributed by atoms with van der Waals surface area (Å²) in [6.07, 6.45) is 0.967. The van der Waals surface area contributed by atoms with Gasteiger partial charge < -0.3 is 10.1 Å². The molecule has 0 saturated carbocycles. The molecule has 0 aromatic heterocycles. The molecule has 2 unspecified atom stereocenters. The van der Waals surface area contributed by atoms with Gasteiger partial charge in [0.1, 0.15) is 0 Å². The second kappa shape index (κ2) is 4.07. The Morgan fingerprint density at radius 3 is 2.77 bits per heavy atom. The first-order valence-corrected chi connectivity index (χ1v) is 4.64. The van der Waals surface area contributed by atoms with Crippen LogP contribution in [-0.4, -0.2) is 37.7 Å². The van der Waals surface area contributed by atoms with Gasteiger partial charge in [-0.3, -0.25) is 10.1 Å². The van der Waals surface area contributed by atoms with Crippen LogP contribution in [0.1, 0.15) is 20.3 Å². The quantitative estimate of drug-likeness (QED) is 0.646. The zero-order chi connectivity index (χ0) is 9.90. The fourth-order valence-electron chi connectivity index (χ4n) is 1.59. The molecule has 0 radical (unpaired) electrons. The van der Waals surface area contributed by atoms with Gasteiger partial charge in [0.15, 0.2) is 0 Å². The molecule has 1 saturated heterocycles. The molecule has 1 heterocycles. The van der Waals surface area contributed by atoms with Crippen LogP contribution in [0.4, 0.5) is 0 Å². The first-order chi connectivity index (χ1) is 6.07. The van der Waals surface area contributed by atoms with Gasteiger partial charge in [0, 0.05) is 19.2 Å². The SMILES string of the molecule is CNC(=O)C(C)NC1(C)CCOC1. The Labute approximate surface area is 79.0 Å². The van der Waals surface area contributed by atoms with Gasteiger partial charge in [-0.05, 0) is 20.3 Å². The van der Waals surface area contributed by atoms with Crippen molar-refractivity contribution >= 4 is 5.91 Å². The highest BCUT2D eigenvalue weighted by Gasteiger charge is 2.32. The maximum atomic E-state index is 11.2. The molecule has 4 nitrogen and oxygen atoms in total. The Morgan fingerprint density at radius 2 is 2.31 bits per heavy atom. The van der Waals surface area contributed by atoms with Crippen LogP contribution in [0.3, 0.4) is 0 Å². The predicted octanol–water partition coefficient (Wildman–Crippen LogP) is -0.111. The van der Waals surface area contributed by atoms with Crippen molar-refractivity contribution in [2.75, 3.05) is 20.3 Å². The van der Waals surface area contributed by atoms with E-state index in [2.05, 4.69) is 17.6 Å². The van der Waals surface area contributed by atoms with Gasteiger partial charge in [-0.1, -0.05) is 0 Å². The number of likely N-dealkylation sites (N-methyl/N-ethyl adjacent to an activating group) is 1. The number of carbonyl (C=O) groups is 1. The second-order valence-electron chi connectivity index (χ2n) is 3.84. The Kier molecular flexibility index (Phi) is 3.27. The fourth-order valence-corrected chi connectivity index (χ4v) is 1.59. The van der Waals surface area contributed by atoms with Crippen LogP contribution in [0.2, 0.25) is 0 Å². The first-order valence-electron chi connectivity index (χ1n) is 4.64. The van der Waals surface area contributed by atoms with Gasteiger partial charge in [0.2, 0.25) is 5.91 Å². The smallest absolute Gasteiger partial charge is 0.236 e. The summed E-state index contributed by atoms with van der Waals surface area (Å²) in [6, 6.07) is -0.156. The topological polar surface area (TPSA) is 50.4 Å². The lowest BCUT2D eigenvalue weighted by Crippen LogP contribution is -2.52. The highest BCUT2D eigenvalue weighted by molar-refractivity contribution is 5.81. The summed E-state index contributed by atoms with van der Waals surface area (Å²) in [5, 5.41) is 5.88. The van der Waals surface area contributed by atoms with Crippen molar-refractivity contribution in [3.63, 3.8) is 0 Å². The molecule has 1 amide bonds. The van der Waals surface area contributed by atoms with E-state index < -0.39 is 0 Å². The normalized spacial score (nSPS) is 30.1. The van der Waals surface area contributed by atoms with Crippen molar-refractivity contribution < 1.29 is 9.53 Å². The number of nitrogens with one attached hydrogen (secondary N) is 2. The van der Waals surface area contributed by atoms with Gasteiger partial charge in [-0.25, -0.2) is 0 Å². The molecule has 4 heteroatoms. The van der Waals surface area contributed by atoms with Crippen molar-refractivity contribution in [2.24, 2.45) is 0 Å². The lowest BCUT2D eigenvalue weighted by molar-refractivity contribution is -0.122. The van der Waals surface area contributed by atoms with Gasteiger partial charge in [0.25, 0.3) is 0 Å². The van der Waals surface area contributed by atoms with E-state index in [9.17, 15) is 4.79 Å². The number of rotatable bonds is 3. The molecule has 1 aliphatic rings. The van der Waals surface area contributed by atoms with Crippen molar-refractivity contribution in [2.45, 2.75) is 31.8 Å². The molecule has 1 aliphatic heterocycles. The Hall–Kier alpha value is -0.610. The third-order valence-electron chi connectivity index (χ3n) is 2.42. The summed E-state index contributed by atoms with van der Waals surface area (Å²) in [4.78, 5) is 11.2. The third kappa shape index (κ3) is 2.67. The molecule has 1 rings (SSSR count). The van der Waals surface area contributed by atoms with E-state index in [4.69, 9.17) is 4.74 Å². The zero-order valence-corrected chi connectivity index (χ0v) is 8.52. The highest BCUT2D eigenvalue weighted by atomic mass is 16.5. The summed E-state index contributed by atoms with van der Waals surface area (Å²) >= 11 is 0. The van der Waals surface area contributed by atoms with Crippen molar-refractivity contribution in [1.82, 2.24) is 10.6 Å². The summed E-state index contributed by atoms with van der Waals surface area (Å²) in [6.45, 7) is 5.42. The minimum atomic E-state index is -0.156. The van der Waals surface area contributed by atoms with Crippen molar-refractivity contribution in [3.05, 3.63) is 0 Å². The largest absolute Gasteiger partial charge is 0.379 e. The average molecular weight is 186 g/mol. The molecule has 0 bridgehead atoms. The fraction of sp³-hybridized carbons (Fsp3) is 0.889. The van der Waals surface area contributed by atoms with Crippen molar-refractivity contribution in [1.29, 1.82) is 0 Å². The van der Waals surface area contributed by atoms with E-state index in [1.807, 2.05) is 6.92 Å². The molecule has 2 atom stereocenters. The van der Waals surface area contributed by atoms with E-state index in [0.29, 0.717) is 6.61 Å². The number of hydrogen-bond acceptors (Lipinski definition) is 3. The van der Waals surface area contributed by atoms with Gasteiger partial charge in [-0.2, -0.15) is 0 Å². The lowest BCUT2D eigenvalue weighted by atomic mass is 10.0. The van der Waals surface area contributed by atoms with E-state index in [-0.39, 0.29) is 17.5 Å². The summed E-state index contributed by atoms with van der Waals surface area (Å²) in [5.74, 6) is 0.0214. The highest BCUT2D eigenvalue weighted by Crippen LogP contribution is 2.17. The number of amides is 1. The summed E-state index contributed by atoms with van der Waals surface area (Å²) in [5.41, 5.74) is -0.0358. The molecule has 1 fully saturated rings. The molecule has 0 aliphatic carbocycles. The summed E-state index contributed by atoms with van der Waals surface area (Å²) in [7, 11) is 1.65. The minimum absolute atomic E-state index is 0.0214. The zero-order valence-electron chi connectivity index (χ0n) is 8.52. The van der Waals surface area contributed by atoms with Crippen LogP contribution < -0.4 is 10.6 Å². The first kappa shape index (κ1) is 10.5. The monoisotopic (exact) mass is 186 g/mol. The summed E-state index contributed by atoms with van der Waals surface area (Å²) < 4.78 is 5.28. The molecular weight excluding hydrogens is 168 g/mol. The Morgan fingerprint density at radius 1 is 1.62 bits per heavy atom. The Bertz CT molecular complexity index is 188. The van der Waals surface area contributed by atoms with Gasteiger partial charge in [0.05, 0.1) is 12.6 Å². The predicted molar refractivity (Wildman–Crippen MR) is 50.5 cm³/mol. The second-order valence-corrected chi connectivity index (χ2v) is 3.84. The molecule has 0 aromatic rings. The molecule has 0 aromatic carbocycles. The lowest BCUT2D eigenvalue weighted by Gasteiger charge is -2.27. The van der Waals surface area contributed by atoms with E-state index in [1.165, 1.54) is 0 Å². The molecule has 2 N–H and O–H groups in total. The van der Waals surface area contributed by atoms with Crippen LogP contribution in [0.15, 0.2) is 0 Å². The maximum absolute atomic E-state index is 11.2. The molecular formula is C9H18N2O2. The molecule has 13 heavy (non-hydrogen) atoms. The van der Waals surface area contributed by atoms with Crippen LogP contribution in [0, 0.1) is 0 Å². The number of carbonyl (C=O) groups excluding carboxylic acids is 1. The van der Waals surface area contributed by atoms with E-state index >= 15 is 0 Å². The van der Waals surface area contributed by atoms with Crippen LogP contribution >= 0.6 is 0 Å². The maximum Gasteiger partial charge on any atom is 0.236 e. The minimum Gasteiger partial charge on any atom is -0.379 e. The third-order valence-corrected chi connectivity index (χ3v) is 2.42. The van der Waals surface area contributed by atoms with Crippen molar-refractivity contribution in [3.8, 4) is 0 Å². The van der Waals surface area contributed by atoms with Crippen LogP contribution in [-0.2, 0) is 9.53 Å². The standard InChI is InChI=1S/C9H18N2O2/c1-7(8(12)10-3)11-9(2)4-5-13-6-9/h7,11H,4-6H2,1-3H3,(H,10,12). The Balaban J connectivity index is 2.42. The van der Waals surface area contributed by atoms with Gasteiger partial charge in [-0.15, -0.1) is 0 Å². The van der Waals surface area contributed by atoms with Gasteiger partial charge >= 0.3 is 0 Å².